The third-order valence-corrected chi connectivity index (χ3v) is 7.33. The largest absolute Gasteiger partial charge is 0.506 e. The number of carbonyl (C=O) groups excluding carboxylic acids is 1. The third kappa shape index (κ3) is 5.43. The van der Waals surface area contributed by atoms with Gasteiger partial charge in [-0.3, -0.25) is 14.9 Å². The fraction of sp³-hybridized carbons (Fsp3) is 0.143. The smallest absolute Gasteiger partial charge is 0.311 e. The summed E-state index contributed by atoms with van der Waals surface area (Å²) in [7, 11) is 1.71. The van der Waals surface area contributed by atoms with Crippen molar-refractivity contribution in [2.75, 3.05) is 5.32 Å². The van der Waals surface area contributed by atoms with Crippen LogP contribution in [-0.4, -0.2) is 36.1 Å². The quantitative estimate of drug-likeness (QED) is 0.135. The first-order valence-corrected chi connectivity index (χ1v) is 13.1. The van der Waals surface area contributed by atoms with E-state index in [1.807, 2.05) is 32.0 Å². The molecule has 11 nitrogen and oxygen atoms in total. The van der Waals surface area contributed by atoms with E-state index in [1.54, 1.807) is 37.4 Å². The number of amides is 1. The van der Waals surface area contributed by atoms with E-state index in [0.29, 0.717) is 32.9 Å². The zero-order valence-corrected chi connectivity index (χ0v) is 22.6. The van der Waals surface area contributed by atoms with Crippen LogP contribution < -0.4 is 10.1 Å². The van der Waals surface area contributed by atoms with Gasteiger partial charge in [0.2, 0.25) is 10.9 Å². The maximum atomic E-state index is 13.3. The Balaban J connectivity index is 1.50. The minimum Gasteiger partial charge on any atom is -0.506 e. The topological polar surface area (TPSA) is 145 Å². The third-order valence-electron chi connectivity index (χ3n) is 6.25. The molecule has 0 bridgehead atoms. The molecule has 1 amide bonds. The van der Waals surface area contributed by atoms with Crippen LogP contribution in [0, 0.1) is 24.0 Å². The van der Waals surface area contributed by atoms with E-state index >= 15 is 0 Å². The number of benzene rings is 4. The van der Waals surface area contributed by atoms with Crippen LogP contribution in [0.1, 0.15) is 27.0 Å². The van der Waals surface area contributed by atoms with Crippen LogP contribution in [0.2, 0.25) is 0 Å². The van der Waals surface area contributed by atoms with E-state index in [4.69, 9.17) is 4.74 Å². The van der Waals surface area contributed by atoms with Crippen LogP contribution in [0.25, 0.3) is 10.8 Å². The molecule has 0 aliphatic rings. The van der Waals surface area contributed by atoms with Gasteiger partial charge >= 0.3 is 5.69 Å². The monoisotopic (exact) mass is 556 g/mol. The van der Waals surface area contributed by atoms with Gasteiger partial charge in [-0.15, -0.1) is 5.10 Å². The summed E-state index contributed by atoms with van der Waals surface area (Å²) in [6.45, 7) is 3.79. The number of phenols is 1. The number of aromatic nitrogens is 4. The Morgan fingerprint density at radius 1 is 1.07 bits per heavy atom. The summed E-state index contributed by atoms with van der Waals surface area (Å²) in [6.07, 6.45) is 0. The van der Waals surface area contributed by atoms with Crippen molar-refractivity contribution in [2.45, 2.75) is 24.8 Å². The average Bonchev–Trinajstić information content (AvgIpc) is 3.35. The van der Waals surface area contributed by atoms with Crippen molar-refractivity contribution < 1.29 is 19.6 Å². The molecule has 0 radical (unpaired) electrons. The van der Waals surface area contributed by atoms with Gasteiger partial charge in [-0.05, 0) is 59.2 Å². The minimum absolute atomic E-state index is 0.00388. The van der Waals surface area contributed by atoms with Crippen LogP contribution in [0.3, 0.4) is 0 Å². The van der Waals surface area contributed by atoms with E-state index in [-0.39, 0.29) is 28.5 Å². The highest BCUT2D eigenvalue weighted by Gasteiger charge is 2.22. The number of carbonyl (C=O) groups is 1. The summed E-state index contributed by atoms with van der Waals surface area (Å²) in [4.78, 5) is 24.8. The van der Waals surface area contributed by atoms with E-state index < -0.39 is 10.8 Å². The van der Waals surface area contributed by atoms with E-state index in [1.165, 1.54) is 34.6 Å². The molecule has 40 heavy (non-hydrogen) atoms. The number of aryl methyl sites for hydroxylation is 3. The fourth-order valence-corrected chi connectivity index (χ4v) is 4.93. The molecule has 0 aliphatic carbocycles. The number of nitro benzene ring substituents is 1. The molecule has 0 saturated heterocycles. The van der Waals surface area contributed by atoms with Gasteiger partial charge in [0.05, 0.1) is 10.5 Å². The first-order valence-electron chi connectivity index (χ1n) is 12.1. The summed E-state index contributed by atoms with van der Waals surface area (Å²) >= 11 is 1.34. The molecule has 1 aromatic heterocycles. The maximum Gasteiger partial charge on any atom is 0.311 e. The molecule has 0 saturated carbocycles. The lowest BCUT2D eigenvalue weighted by Crippen LogP contribution is -2.13. The van der Waals surface area contributed by atoms with Crippen molar-refractivity contribution in [1.82, 2.24) is 20.2 Å². The lowest BCUT2D eigenvalue weighted by atomic mass is 10.0. The van der Waals surface area contributed by atoms with Crippen molar-refractivity contribution in [3.05, 3.63) is 99.1 Å². The second kappa shape index (κ2) is 11.0. The van der Waals surface area contributed by atoms with Crippen molar-refractivity contribution in [3.8, 4) is 17.2 Å². The lowest BCUT2D eigenvalue weighted by Gasteiger charge is -2.15. The number of phenolic OH excluding ortho intramolecular Hbond substituents is 1. The molecule has 0 aliphatic heterocycles. The minimum atomic E-state index is -0.540. The number of nitrogens with one attached hydrogen (secondary N) is 1. The molecule has 0 atom stereocenters. The van der Waals surface area contributed by atoms with Gasteiger partial charge in [-0.2, -0.15) is 0 Å². The molecule has 202 valence electrons. The molecule has 5 aromatic rings. The summed E-state index contributed by atoms with van der Waals surface area (Å²) in [5, 5.41) is 38.6. The van der Waals surface area contributed by atoms with Gasteiger partial charge in [0.15, 0.2) is 0 Å². The Morgan fingerprint density at radius 2 is 1.85 bits per heavy atom. The Kier molecular flexibility index (Phi) is 7.34. The van der Waals surface area contributed by atoms with Crippen molar-refractivity contribution in [3.63, 3.8) is 0 Å². The van der Waals surface area contributed by atoms with Gasteiger partial charge in [-0.1, -0.05) is 54.2 Å². The number of fused-ring (bicyclic) bond motifs is 1. The summed E-state index contributed by atoms with van der Waals surface area (Å²) < 4.78 is 7.59. The predicted octanol–water partition coefficient (Wildman–Crippen LogP) is 5.93. The zero-order chi connectivity index (χ0) is 28.4. The molecule has 0 spiro atoms. The van der Waals surface area contributed by atoms with Crippen LogP contribution in [-0.2, 0) is 12.8 Å². The molecule has 5 rings (SSSR count). The number of thioether (sulfide) groups is 1. The van der Waals surface area contributed by atoms with Crippen molar-refractivity contribution in [1.29, 1.82) is 0 Å². The summed E-state index contributed by atoms with van der Waals surface area (Å²) in [6, 6.07) is 18.6. The number of rotatable bonds is 8. The van der Waals surface area contributed by atoms with Gasteiger partial charge < -0.3 is 15.2 Å². The normalized spacial score (nSPS) is 11.0. The number of nitro groups is 1. The van der Waals surface area contributed by atoms with E-state index in [0.717, 1.165) is 11.1 Å². The first-order chi connectivity index (χ1) is 19.2. The Morgan fingerprint density at radius 3 is 2.58 bits per heavy atom. The highest BCUT2D eigenvalue weighted by molar-refractivity contribution is 7.98. The Hall–Kier alpha value is -4.97. The van der Waals surface area contributed by atoms with Crippen LogP contribution >= 0.6 is 11.8 Å². The van der Waals surface area contributed by atoms with Crippen LogP contribution in [0.5, 0.6) is 17.2 Å². The lowest BCUT2D eigenvalue weighted by molar-refractivity contribution is -0.385. The average molecular weight is 557 g/mol. The molecular weight excluding hydrogens is 532 g/mol. The Labute approximate surface area is 232 Å². The van der Waals surface area contributed by atoms with Gasteiger partial charge in [0.25, 0.3) is 5.91 Å². The van der Waals surface area contributed by atoms with Crippen molar-refractivity contribution >= 4 is 39.8 Å². The van der Waals surface area contributed by atoms with E-state index in [9.17, 15) is 20.0 Å². The second-order valence-electron chi connectivity index (χ2n) is 9.12. The molecule has 0 unspecified atom stereocenters. The molecule has 1 heterocycles. The number of hydrogen-bond acceptors (Lipinski definition) is 9. The molecule has 2 N–H and O–H groups in total. The fourth-order valence-electron chi connectivity index (χ4n) is 4.14. The van der Waals surface area contributed by atoms with Gasteiger partial charge in [-0.25, -0.2) is 4.68 Å². The highest BCUT2D eigenvalue weighted by Crippen LogP contribution is 2.41. The number of tetrazole rings is 1. The SMILES string of the molecule is Cc1ccc(C)c(NC(=O)c2cc(Oc3ccc(CSc4nnnn4C)cc3[N+](=O)[O-])c3ccccc3c2O)c1. The maximum absolute atomic E-state index is 13.3. The number of ether oxygens (including phenoxy) is 1. The number of hydrogen-bond donors (Lipinski definition) is 2. The molecule has 0 fully saturated rings. The second-order valence-corrected chi connectivity index (χ2v) is 10.1. The molecule has 4 aromatic carbocycles. The highest BCUT2D eigenvalue weighted by atomic mass is 32.2. The number of aromatic hydroxyl groups is 1. The van der Waals surface area contributed by atoms with Crippen LogP contribution in [0.15, 0.2) is 71.9 Å². The van der Waals surface area contributed by atoms with Crippen LogP contribution in [0.4, 0.5) is 11.4 Å². The molecular formula is C28H24N6O5S. The van der Waals surface area contributed by atoms with E-state index in [2.05, 4.69) is 20.8 Å². The number of nitrogens with zero attached hydrogens (tertiary/aromatic N) is 5. The first kappa shape index (κ1) is 26.6. The number of anilines is 1. The summed E-state index contributed by atoms with van der Waals surface area (Å²) in [5.74, 6) is -0.168. The zero-order valence-electron chi connectivity index (χ0n) is 21.8. The molecule has 12 heteroatoms. The Bertz CT molecular complexity index is 1770. The summed E-state index contributed by atoms with van der Waals surface area (Å²) in [5.41, 5.74) is 2.85. The van der Waals surface area contributed by atoms with Gasteiger partial charge in [0.1, 0.15) is 11.5 Å². The predicted molar refractivity (Wildman–Crippen MR) is 151 cm³/mol. The standard InChI is InChI=1S/C28H24N6O5S/c1-16-8-9-17(2)22(12-16)29-27(36)21-14-25(19-6-4-5-7-20(19)26(21)35)39-24-11-10-18(13-23(24)34(37)38)15-40-28-30-31-32-33(28)3/h4-14,35H,15H2,1-3H3,(H,29,36). The van der Waals surface area contributed by atoms with Crippen molar-refractivity contribution in [2.24, 2.45) is 7.05 Å². The van der Waals surface area contributed by atoms with Gasteiger partial charge in [0, 0.05) is 35.3 Å².